The number of pyridine rings is 1. The third-order valence-electron chi connectivity index (χ3n) is 1.36. The number of hydrogen-bond donors (Lipinski definition) is 2. The highest BCUT2D eigenvalue weighted by Gasteiger charge is 2.14. The summed E-state index contributed by atoms with van der Waals surface area (Å²) in [5.41, 5.74) is 0.327. The Kier molecular flexibility index (Phi) is 3.03. The first kappa shape index (κ1) is 10.2. The predicted molar refractivity (Wildman–Crippen MR) is 46.5 cm³/mol. The fourth-order valence-electron chi connectivity index (χ4n) is 0.870. The van der Waals surface area contributed by atoms with Gasteiger partial charge in [-0.3, -0.25) is 4.57 Å². The lowest BCUT2D eigenvalue weighted by molar-refractivity contribution is 0.370. The number of aromatic nitrogens is 1. The van der Waals surface area contributed by atoms with Crippen molar-refractivity contribution in [1.82, 2.24) is 4.98 Å². The zero-order valence-corrected chi connectivity index (χ0v) is 7.94. The van der Waals surface area contributed by atoms with Crippen molar-refractivity contribution in [3.8, 4) is 5.88 Å². The molecule has 0 saturated carbocycles. The lowest BCUT2D eigenvalue weighted by Crippen LogP contribution is -1.93. The fourth-order valence-corrected chi connectivity index (χ4v) is 1.47. The third-order valence-corrected chi connectivity index (χ3v) is 2.09. The van der Waals surface area contributed by atoms with Crippen molar-refractivity contribution >= 4 is 7.60 Å². The van der Waals surface area contributed by atoms with Crippen LogP contribution in [0.3, 0.4) is 0 Å². The summed E-state index contributed by atoms with van der Waals surface area (Å²) in [7, 11) is -2.59. The van der Waals surface area contributed by atoms with Gasteiger partial charge in [0.1, 0.15) is 0 Å². The Balaban J connectivity index is 2.84. The Hall–Kier alpha value is -0.900. The molecule has 72 valence electrons. The second-order valence-corrected chi connectivity index (χ2v) is 4.14. The lowest BCUT2D eigenvalue weighted by Gasteiger charge is -2.04. The molecule has 1 heterocycles. The minimum absolute atomic E-state index is 0.327. The molecule has 13 heavy (non-hydrogen) atoms. The molecule has 0 radical (unpaired) electrons. The normalized spacial score (nSPS) is 11.3. The maximum Gasteiger partial charge on any atom is 0.331 e. The first-order chi connectivity index (χ1) is 6.01. The molecular formula is C7H10NO4P. The smallest absolute Gasteiger partial charge is 0.331 e. The molecule has 6 heteroatoms. The van der Waals surface area contributed by atoms with Crippen molar-refractivity contribution in [2.24, 2.45) is 0 Å². The standard InChI is InChI=1S/C7H10NO4P/c1-12-7-4-2-3-6(8-7)5-13(9,10)11/h2-4H,5H2,1H3,(H2,9,10,11). The van der Waals surface area contributed by atoms with E-state index < -0.39 is 7.60 Å². The maximum atomic E-state index is 10.6. The number of nitrogens with zero attached hydrogens (tertiary/aromatic N) is 1. The largest absolute Gasteiger partial charge is 0.481 e. The van der Waals surface area contributed by atoms with E-state index >= 15 is 0 Å². The highest BCUT2D eigenvalue weighted by molar-refractivity contribution is 7.50. The van der Waals surface area contributed by atoms with Crippen LogP contribution in [0.2, 0.25) is 0 Å². The Morgan fingerprint density at radius 3 is 2.77 bits per heavy atom. The molecule has 0 saturated heterocycles. The topological polar surface area (TPSA) is 79.7 Å². The van der Waals surface area contributed by atoms with Gasteiger partial charge in [0.25, 0.3) is 0 Å². The third kappa shape index (κ3) is 3.55. The molecule has 1 rings (SSSR count). The predicted octanol–water partition coefficient (Wildman–Crippen LogP) is 0.768. The van der Waals surface area contributed by atoms with Gasteiger partial charge in [-0.15, -0.1) is 0 Å². The average Bonchev–Trinajstić information content (AvgIpc) is 2.01. The highest BCUT2D eigenvalue weighted by atomic mass is 31.2. The van der Waals surface area contributed by atoms with Gasteiger partial charge >= 0.3 is 7.60 Å². The highest BCUT2D eigenvalue weighted by Crippen LogP contribution is 2.38. The van der Waals surface area contributed by atoms with Crippen LogP contribution in [0.15, 0.2) is 18.2 Å². The summed E-state index contributed by atoms with van der Waals surface area (Å²) in [6, 6.07) is 4.79. The van der Waals surface area contributed by atoms with E-state index in [-0.39, 0.29) is 6.16 Å². The summed E-state index contributed by atoms with van der Waals surface area (Å²) < 4.78 is 15.4. The fraction of sp³-hybridized carbons (Fsp3) is 0.286. The van der Waals surface area contributed by atoms with Crippen molar-refractivity contribution in [2.75, 3.05) is 7.11 Å². The summed E-state index contributed by atoms with van der Waals surface area (Å²) in [4.78, 5) is 21.2. The zero-order valence-electron chi connectivity index (χ0n) is 7.04. The first-order valence-corrected chi connectivity index (χ1v) is 5.35. The summed E-state index contributed by atoms with van der Waals surface area (Å²) in [6.07, 6.45) is -0.357. The van der Waals surface area contributed by atoms with E-state index in [0.717, 1.165) is 0 Å². The van der Waals surface area contributed by atoms with Gasteiger partial charge in [-0.05, 0) is 6.07 Å². The SMILES string of the molecule is COc1cccc(CP(=O)(O)O)n1. The molecule has 0 atom stereocenters. The van der Waals surface area contributed by atoms with Crippen molar-refractivity contribution in [3.63, 3.8) is 0 Å². The molecule has 1 aromatic rings. The quantitative estimate of drug-likeness (QED) is 0.709. The number of hydrogen-bond acceptors (Lipinski definition) is 3. The van der Waals surface area contributed by atoms with Gasteiger partial charge in [-0.1, -0.05) is 6.07 Å². The monoisotopic (exact) mass is 203 g/mol. The Morgan fingerprint density at radius 2 is 2.23 bits per heavy atom. The van der Waals surface area contributed by atoms with Crippen LogP contribution < -0.4 is 4.74 Å². The molecule has 0 aromatic carbocycles. The molecule has 0 aliphatic rings. The molecule has 0 fully saturated rings. The Labute approximate surface area is 75.5 Å². The van der Waals surface area contributed by atoms with E-state index in [9.17, 15) is 4.57 Å². The lowest BCUT2D eigenvalue weighted by atomic mass is 10.4. The Morgan fingerprint density at radius 1 is 1.54 bits per heavy atom. The van der Waals surface area contributed by atoms with Gasteiger partial charge in [0, 0.05) is 6.07 Å². The van der Waals surface area contributed by atoms with Gasteiger partial charge in [0.15, 0.2) is 0 Å². The van der Waals surface area contributed by atoms with E-state index in [1.807, 2.05) is 0 Å². The average molecular weight is 203 g/mol. The van der Waals surface area contributed by atoms with Gasteiger partial charge in [0.05, 0.1) is 19.0 Å². The van der Waals surface area contributed by atoms with Crippen LogP contribution in [0.5, 0.6) is 5.88 Å². The second kappa shape index (κ2) is 3.87. The van der Waals surface area contributed by atoms with Crippen molar-refractivity contribution in [3.05, 3.63) is 23.9 Å². The van der Waals surface area contributed by atoms with Gasteiger partial charge in [-0.25, -0.2) is 4.98 Å². The molecule has 2 N–H and O–H groups in total. The van der Waals surface area contributed by atoms with Gasteiger partial charge in [0.2, 0.25) is 5.88 Å². The summed E-state index contributed by atoms with van der Waals surface area (Å²) in [5, 5.41) is 0. The van der Waals surface area contributed by atoms with Gasteiger partial charge in [-0.2, -0.15) is 0 Å². The van der Waals surface area contributed by atoms with E-state index in [1.165, 1.54) is 7.11 Å². The molecular weight excluding hydrogens is 193 g/mol. The van der Waals surface area contributed by atoms with E-state index in [0.29, 0.717) is 11.6 Å². The van der Waals surface area contributed by atoms with Gasteiger partial charge < -0.3 is 14.5 Å². The number of rotatable bonds is 3. The molecule has 1 aromatic heterocycles. The van der Waals surface area contributed by atoms with Crippen LogP contribution in [-0.2, 0) is 10.7 Å². The summed E-state index contributed by atoms with van der Waals surface area (Å²) in [6.45, 7) is 0. The van der Waals surface area contributed by atoms with Crippen molar-refractivity contribution < 1.29 is 19.1 Å². The maximum absolute atomic E-state index is 10.6. The first-order valence-electron chi connectivity index (χ1n) is 3.56. The minimum Gasteiger partial charge on any atom is -0.481 e. The molecule has 0 aliphatic carbocycles. The van der Waals surface area contributed by atoms with Crippen molar-refractivity contribution in [1.29, 1.82) is 0 Å². The summed E-state index contributed by atoms with van der Waals surface area (Å²) >= 11 is 0. The van der Waals surface area contributed by atoms with Crippen LogP contribution in [0.25, 0.3) is 0 Å². The van der Waals surface area contributed by atoms with E-state index in [4.69, 9.17) is 14.5 Å². The van der Waals surface area contributed by atoms with Crippen LogP contribution in [0, 0.1) is 0 Å². The Bertz CT molecular complexity index is 335. The molecule has 5 nitrogen and oxygen atoms in total. The number of methoxy groups -OCH3 is 1. The van der Waals surface area contributed by atoms with E-state index in [1.54, 1.807) is 18.2 Å². The van der Waals surface area contributed by atoms with Crippen molar-refractivity contribution in [2.45, 2.75) is 6.16 Å². The molecule has 0 aliphatic heterocycles. The van der Waals surface area contributed by atoms with Crippen LogP contribution in [0.1, 0.15) is 5.69 Å². The number of ether oxygens (including phenoxy) is 1. The molecule has 0 unspecified atom stereocenters. The van der Waals surface area contributed by atoms with Crippen LogP contribution >= 0.6 is 7.60 Å². The van der Waals surface area contributed by atoms with Crippen LogP contribution in [0.4, 0.5) is 0 Å². The molecule has 0 amide bonds. The molecule has 0 bridgehead atoms. The second-order valence-electron chi connectivity index (χ2n) is 2.49. The minimum atomic E-state index is -4.04. The zero-order chi connectivity index (χ0) is 9.90. The van der Waals surface area contributed by atoms with Crippen LogP contribution in [-0.4, -0.2) is 21.9 Å². The van der Waals surface area contributed by atoms with E-state index in [2.05, 4.69) is 4.98 Å². The summed E-state index contributed by atoms with van der Waals surface area (Å²) in [5.74, 6) is 0.353. The molecule has 0 spiro atoms.